The smallest absolute Gasteiger partial charge is 0.161 e. The molecule has 0 N–H and O–H groups in total. The average Bonchev–Trinajstić information content (AvgIpc) is 2.77. The first kappa shape index (κ1) is 22.5. The zero-order chi connectivity index (χ0) is 22.2. The summed E-state index contributed by atoms with van der Waals surface area (Å²) in [5.41, 5.74) is 3.60. The summed E-state index contributed by atoms with van der Waals surface area (Å²) >= 11 is 0. The molecule has 1 aliphatic rings. The standard InChI is InChI=1S/C24H30N2O5/c1-5-28-21-10-9-17(14-22(21)29-6-2)13-20-19-16-24(31-8-4)23(30-7-3)15-18(19)11-12-26(20)25-27/h9-10,13-16H,5-8,11-12H2,1-4H3. The molecule has 0 bridgehead atoms. The highest BCUT2D eigenvalue weighted by Crippen LogP contribution is 2.39. The van der Waals surface area contributed by atoms with Crippen LogP contribution in [0.25, 0.3) is 11.8 Å². The summed E-state index contributed by atoms with van der Waals surface area (Å²) in [5, 5.41) is 4.73. The number of hydrogen-bond donors (Lipinski definition) is 0. The second-order valence-electron chi connectivity index (χ2n) is 6.88. The van der Waals surface area contributed by atoms with Crippen molar-refractivity contribution in [2.75, 3.05) is 33.0 Å². The molecule has 0 spiro atoms. The minimum atomic E-state index is 0.497. The molecule has 0 amide bonds. The van der Waals surface area contributed by atoms with Crippen LogP contribution >= 0.6 is 0 Å². The largest absolute Gasteiger partial charge is 0.490 e. The Morgan fingerprint density at radius 3 is 2.03 bits per heavy atom. The number of benzene rings is 2. The number of hydrogen-bond acceptors (Lipinski definition) is 6. The van der Waals surface area contributed by atoms with Crippen molar-refractivity contribution in [2.24, 2.45) is 5.29 Å². The molecule has 0 saturated heterocycles. The first-order valence-corrected chi connectivity index (χ1v) is 10.8. The van der Waals surface area contributed by atoms with Gasteiger partial charge in [-0.25, -0.2) is 5.01 Å². The van der Waals surface area contributed by atoms with E-state index in [1.54, 1.807) is 0 Å². The summed E-state index contributed by atoms with van der Waals surface area (Å²) in [4.78, 5) is 11.6. The lowest BCUT2D eigenvalue weighted by atomic mass is 9.95. The SMILES string of the molecule is CCOc1ccc(C=C2c3cc(OCC)c(OCC)cc3CCN2N=O)cc1OCC. The number of nitrogens with zero attached hydrogens (tertiary/aromatic N) is 2. The monoisotopic (exact) mass is 426 g/mol. The van der Waals surface area contributed by atoms with Gasteiger partial charge in [0.1, 0.15) is 0 Å². The van der Waals surface area contributed by atoms with E-state index in [0.717, 1.165) is 22.4 Å². The van der Waals surface area contributed by atoms with Crippen LogP contribution < -0.4 is 18.9 Å². The maximum atomic E-state index is 11.6. The third-order valence-electron chi connectivity index (χ3n) is 4.89. The van der Waals surface area contributed by atoms with E-state index in [1.165, 1.54) is 5.01 Å². The van der Waals surface area contributed by atoms with Crippen molar-refractivity contribution < 1.29 is 18.9 Å². The first-order valence-electron chi connectivity index (χ1n) is 10.8. The molecule has 166 valence electrons. The van der Waals surface area contributed by atoms with Crippen LogP contribution in [0.5, 0.6) is 23.0 Å². The van der Waals surface area contributed by atoms with E-state index in [2.05, 4.69) is 5.29 Å². The Hall–Kier alpha value is -3.22. The molecular weight excluding hydrogens is 396 g/mol. The lowest BCUT2D eigenvalue weighted by molar-refractivity contribution is 0.286. The fourth-order valence-electron chi connectivity index (χ4n) is 3.62. The summed E-state index contributed by atoms with van der Waals surface area (Å²) < 4.78 is 23.0. The van der Waals surface area contributed by atoms with Crippen LogP contribution in [0.1, 0.15) is 44.4 Å². The Morgan fingerprint density at radius 1 is 0.839 bits per heavy atom. The molecule has 0 saturated carbocycles. The van der Waals surface area contributed by atoms with Crippen molar-refractivity contribution >= 4 is 11.8 Å². The third kappa shape index (κ3) is 5.10. The van der Waals surface area contributed by atoms with Crippen LogP contribution in [0.4, 0.5) is 0 Å². The fourth-order valence-corrected chi connectivity index (χ4v) is 3.62. The van der Waals surface area contributed by atoms with E-state index < -0.39 is 0 Å². The predicted molar refractivity (Wildman–Crippen MR) is 122 cm³/mol. The van der Waals surface area contributed by atoms with Gasteiger partial charge in [0.05, 0.1) is 37.4 Å². The van der Waals surface area contributed by atoms with Gasteiger partial charge in [-0.15, -0.1) is 4.91 Å². The van der Waals surface area contributed by atoms with Gasteiger partial charge in [0, 0.05) is 12.1 Å². The maximum Gasteiger partial charge on any atom is 0.161 e. The summed E-state index contributed by atoms with van der Waals surface area (Å²) in [6.45, 7) is 10.4. The van der Waals surface area contributed by atoms with Gasteiger partial charge in [0.15, 0.2) is 23.0 Å². The van der Waals surface area contributed by atoms with Gasteiger partial charge in [-0.05, 0) is 75.6 Å². The van der Waals surface area contributed by atoms with Crippen molar-refractivity contribution in [3.05, 3.63) is 51.9 Å². The van der Waals surface area contributed by atoms with Crippen LogP contribution in [0.3, 0.4) is 0 Å². The Bertz CT molecular complexity index is 942. The maximum absolute atomic E-state index is 11.6. The quantitative estimate of drug-likeness (QED) is 0.479. The van der Waals surface area contributed by atoms with E-state index in [0.29, 0.717) is 62.3 Å². The molecule has 2 aromatic rings. The highest BCUT2D eigenvalue weighted by atomic mass is 16.5. The topological polar surface area (TPSA) is 69.6 Å². The van der Waals surface area contributed by atoms with E-state index in [4.69, 9.17) is 18.9 Å². The molecule has 0 radical (unpaired) electrons. The Morgan fingerprint density at radius 2 is 1.42 bits per heavy atom. The number of nitroso groups, excluding NO2 is 1. The second kappa shape index (κ2) is 10.7. The zero-order valence-electron chi connectivity index (χ0n) is 18.6. The van der Waals surface area contributed by atoms with Gasteiger partial charge in [0.25, 0.3) is 0 Å². The van der Waals surface area contributed by atoms with Gasteiger partial charge < -0.3 is 18.9 Å². The van der Waals surface area contributed by atoms with Gasteiger partial charge >= 0.3 is 0 Å². The minimum absolute atomic E-state index is 0.497. The number of fused-ring (bicyclic) bond motifs is 1. The highest BCUT2D eigenvalue weighted by molar-refractivity contribution is 5.84. The molecule has 3 rings (SSSR count). The molecule has 7 heteroatoms. The van der Waals surface area contributed by atoms with E-state index in [1.807, 2.05) is 64.1 Å². The molecule has 0 aliphatic carbocycles. The van der Waals surface area contributed by atoms with Gasteiger partial charge in [-0.2, -0.15) is 0 Å². The predicted octanol–water partition coefficient (Wildman–Crippen LogP) is 5.32. The van der Waals surface area contributed by atoms with Crippen LogP contribution in [0.15, 0.2) is 35.6 Å². The van der Waals surface area contributed by atoms with Crippen molar-refractivity contribution in [3.8, 4) is 23.0 Å². The molecule has 31 heavy (non-hydrogen) atoms. The highest BCUT2D eigenvalue weighted by Gasteiger charge is 2.25. The number of rotatable bonds is 10. The third-order valence-corrected chi connectivity index (χ3v) is 4.89. The van der Waals surface area contributed by atoms with Crippen LogP contribution in [0.2, 0.25) is 0 Å². The molecule has 0 fully saturated rings. The normalized spacial score (nSPS) is 14.2. The number of ether oxygens (including phenoxy) is 4. The van der Waals surface area contributed by atoms with Crippen molar-refractivity contribution in [1.29, 1.82) is 0 Å². The molecule has 2 aromatic carbocycles. The lowest BCUT2D eigenvalue weighted by Gasteiger charge is -2.28. The van der Waals surface area contributed by atoms with Crippen molar-refractivity contribution in [2.45, 2.75) is 34.1 Å². The lowest BCUT2D eigenvalue weighted by Crippen LogP contribution is -2.24. The Balaban J connectivity index is 2.09. The molecule has 0 atom stereocenters. The molecule has 1 heterocycles. The van der Waals surface area contributed by atoms with Crippen LogP contribution in [-0.2, 0) is 6.42 Å². The molecular formula is C24H30N2O5. The fraction of sp³-hybridized carbons (Fsp3) is 0.417. The van der Waals surface area contributed by atoms with Crippen LogP contribution in [-0.4, -0.2) is 38.0 Å². The molecule has 0 unspecified atom stereocenters. The Labute approximate surface area is 183 Å². The summed E-state index contributed by atoms with van der Waals surface area (Å²) in [6.07, 6.45) is 2.63. The summed E-state index contributed by atoms with van der Waals surface area (Å²) in [6, 6.07) is 9.67. The van der Waals surface area contributed by atoms with E-state index >= 15 is 0 Å². The van der Waals surface area contributed by atoms with Crippen molar-refractivity contribution in [3.63, 3.8) is 0 Å². The van der Waals surface area contributed by atoms with E-state index in [9.17, 15) is 4.91 Å². The van der Waals surface area contributed by atoms with Crippen LogP contribution in [0, 0.1) is 4.91 Å². The zero-order valence-corrected chi connectivity index (χ0v) is 18.6. The Kier molecular flexibility index (Phi) is 7.76. The minimum Gasteiger partial charge on any atom is -0.490 e. The summed E-state index contributed by atoms with van der Waals surface area (Å²) in [5.74, 6) is 2.74. The van der Waals surface area contributed by atoms with E-state index in [-0.39, 0.29) is 0 Å². The second-order valence-corrected chi connectivity index (χ2v) is 6.88. The van der Waals surface area contributed by atoms with Gasteiger partial charge in [0.2, 0.25) is 0 Å². The van der Waals surface area contributed by atoms with Gasteiger partial charge in [-0.1, -0.05) is 6.07 Å². The molecule has 1 aliphatic heterocycles. The molecule has 0 aromatic heterocycles. The molecule has 7 nitrogen and oxygen atoms in total. The van der Waals surface area contributed by atoms with Gasteiger partial charge in [-0.3, -0.25) is 0 Å². The van der Waals surface area contributed by atoms with Crippen molar-refractivity contribution in [1.82, 2.24) is 5.01 Å². The summed E-state index contributed by atoms with van der Waals surface area (Å²) in [7, 11) is 0. The average molecular weight is 427 g/mol. The first-order chi connectivity index (χ1) is 15.1.